The van der Waals surface area contributed by atoms with Crippen molar-refractivity contribution in [2.24, 2.45) is 4.76 Å². The molecule has 1 heterocycles. The molecular weight excluding hydrogens is 239 g/mol. The predicted molar refractivity (Wildman–Crippen MR) is 67.3 cm³/mol. The lowest BCUT2D eigenvalue weighted by Gasteiger charge is -2.10. The first-order valence-corrected chi connectivity index (χ1v) is 7.02. The van der Waals surface area contributed by atoms with Gasteiger partial charge in [0.25, 0.3) is 0 Å². The minimum Gasteiger partial charge on any atom is -0.291 e. The number of nitrogens with zero attached hydrogens (tertiary/aromatic N) is 2. The van der Waals surface area contributed by atoms with Crippen LogP contribution in [0.4, 0.5) is 0 Å². The smallest absolute Gasteiger partial charge is 0.291 e. The fourth-order valence-corrected chi connectivity index (χ4v) is 2.34. The summed E-state index contributed by atoms with van der Waals surface area (Å²) in [6.45, 7) is 4.13. The summed E-state index contributed by atoms with van der Waals surface area (Å²) in [6.07, 6.45) is 5.54. The number of rotatable bonds is 7. The largest absolute Gasteiger partial charge is 0.453 e. The molecule has 1 rings (SSSR count). The average Bonchev–Trinajstić information content (AvgIpc) is 2.31. The first kappa shape index (κ1) is 14.0. The molecule has 0 N–H and O–H groups in total. The molecule has 5 nitrogen and oxygen atoms in total. The second kappa shape index (κ2) is 7.33. The van der Waals surface area contributed by atoms with E-state index >= 15 is 0 Å². The molecule has 6 heteroatoms. The maximum atomic E-state index is 11.9. The predicted octanol–water partition coefficient (Wildman–Crippen LogP) is 2.88. The maximum Gasteiger partial charge on any atom is 0.453 e. The highest BCUT2D eigenvalue weighted by Gasteiger charge is 2.20. The van der Waals surface area contributed by atoms with E-state index < -0.39 is 7.75 Å². The van der Waals surface area contributed by atoms with Crippen LogP contribution in [0.3, 0.4) is 0 Å². The van der Waals surface area contributed by atoms with Gasteiger partial charge in [0.2, 0.25) is 0 Å². The summed E-state index contributed by atoms with van der Waals surface area (Å²) < 4.78 is 25.9. The van der Waals surface area contributed by atoms with Crippen LogP contribution in [-0.2, 0) is 20.0 Å². The number of aromatic nitrogens is 1. The SMILES string of the molecule is CCOP(=O)(N=CCc1ccncc1)OCC. The van der Waals surface area contributed by atoms with Gasteiger partial charge in [-0.2, -0.15) is 4.76 Å². The molecule has 0 amide bonds. The molecule has 0 atom stereocenters. The van der Waals surface area contributed by atoms with Crippen molar-refractivity contribution < 1.29 is 13.6 Å². The number of hydrogen-bond acceptors (Lipinski definition) is 4. The molecule has 0 fully saturated rings. The van der Waals surface area contributed by atoms with Crippen LogP contribution >= 0.6 is 7.75 Å². The summed E-state index contributed by atoms with van der Waals surface area (Å²) in [6, 6.07) is 3.75. The van der Waals surface area contributed by atoms with Crippen LogP contribution in [0.1, 0.15) is 19.4 Å². The zero-order valence-electron chi connectivity index (χ0n) is 10.1. The molecule has 0 aromatic carbocycles. The van der Waals surface area contributed by atoms with Crippen LogP contribution in [0.5, 0.6) is 0 Å². The second-order valence-corrected chi connectivity index (χ2v) is 4.85. The van der Waals surface area contributed by atoms with Gasteiger partial charge in [-0.25, -0.2) is 4.57 Å². The van der Waals surface area contributed by atoms with E-state index in [9.17, 15) is 4.57 Å². The van der Waals surface area contributed by atoms with E-state index in [1.165, 1.54) is 0 Å². The highest BCUT2D eigenvalue weighted by molar-refractivity contribution is 7.52. The molecule has 0 unspecified atom stereocenters. The second-order valence-electron chi connectivity index (χ2n) is 3.16. The zero-order chi connectivity index (χ0) is 12.6. The molecule has 1 aromatic heterocycles. The normalized spacial score (nSPS) is 12.1. The number of hydrogen-bond donors (Lipinski definition) is 0. The van der Waals surface area contributed by atoms with Crippen molar-refractivity contribution in [2.45, 2.75) is 20.3 Å². The van der Waals surface area contributed by atoms with Gasteiger partial charge < -0.3 is 0 Å². The standard InChI is InChI=1S/C11H17N2O3P/c1-3-15-17(14,16-4-2)13-10-7-11-5-8-12-9-6-11/h5-6,8-10H,3-4,7H2,1-2H3. The maximum absolute atomic E-state index is 11.9. The third kappa shape index (κ3) is 5.22. The lowest BCUT2D eigenvalue weighted by Crippen LogP contribution is -1.94. The van der Waals surface area contributed by atoms with Crippen molar-refractivity contribution in [2.75, 3.05) is 13.2 Å². The molecule has 0 saturated carbocycles. The Labute approximate surface area is 101 Å². The Morgan fingerprint density at radius 2 is 1.88 bits per heavy atom. The molecule has 0 aliphatic heterocycles. The van der Waals surface area contributed by atoms with Gasteiger partial charge in [0.1, 0.15) is 0 Å². The van der Waals surface area contributed by atoms with Gasteiger partial charge in [-0.3, -0.25) is 14.0 Å². The van der Waals surface area contributed by atoms with Gasteiger partial charge in [0.05, 0.1) is 13.2 Å². The Morgan fingerprint density at radius 3 is 2.41 bits per heavy atom. The van der Waals surface area contributed by atoms with Crippen molar-refractivity contribution in [3.8, 4) is 0 Å². The Balaban J connectivity index is 2.58. The Morgan fingerprint density at radius 1 is 1.29 bits per heavy atom. The van der Waals surface area contributed by atoms with Crippen molar-refractivity contribution in [1.82, 2.24) is 4.98 Å². The van der Waals surface area contributed by atoms with E-state index in [2.05, 4.69) is 9.75 Å². The van der Waals surface area contributed by atoms with Gasteiger partial charge in [0.15, 0.2) is 0 Å². The molecule has 94 valence electrons. The van der Waals surface area contributed by atoms with Crippen LogP contribution in [0.15, 0.2) is 29.3 Å². The van der Waals surface area contributed by atoms with E-state index in [4.69, 9.17) is 9.05 Å². The molecule has 0 aliphatic rings. The summed E-state index contributed by atoms with van der Waals surface area (Å²) >= 11 is 0. The van der Waals surface area contributed by atoms with E-state index in [-0.39, 0.29) is 0 Å². The van der Waals surface area contributed by atoms with Crippen molar-refractivity contribution in [3.63, 3.8) is 0 Å². The van der Waals surface area contributed by atoms with Crippen LogP contribution in [-0.4, -0.2) is 24.4 Å². The van der Waals surface area contributed by atoms with E-state index in [0.717, 1.165) is 5.56 Å². The van der Waals surface area contributed by atoms with Crippen molar-refractivity contribution in [3.05, 3.63) is 30.1 Å². The summed E-state index contributed by atoms with van der Waals surface area (Å²) in [5.41, 5.74) is 1.04. The third-order valence-corrected chi connectivity index (χ3v) is 3.50. The van der Waals surface area contributed by atoms with Crippen LogP contribution in [0, 0.1) is 0 Å². The Hall–Kier alpha value is -1.03. The molecule has 0 radical (unpaired) electrons. The lowest BCUT2D eigenvalue weighted by molar-refractivity contribution is 0.221. The van der Waals surface area contributed by atoms with Gasteiger partial charge in [0, 0.05) is 25.0 Å². The lowest BCUT2D eigenvalue weighted by atomic mass is 10.2. The summed E-state index contributed by atoms with van der Waals surface area (Å²) in [4.78, 5) is 3.91. The zero-order valence-corrected chi connectivity index (χ0v) is 11.0. The highest BCUT2D eigenvalue weighted by Crippen LogP contribution is 2.49. The molecule has 17 heavy (non-hydrogen) atoms. The molecular formula is C11H17N2O3P. The minimum absolute atomic E-state index is 0.309. The van der Waals surface area contributed by atoms with E-state index in [0.29, 0.717) is 19.6 Å². The third-order valence-electron chi connectivity index (χ3n) is 1.88. The van der Waals surface area contributed by atoms with Crippen molar-refractivity contribution in [1.29, 1.82) is 0 Å². The van der Waals surface area contributed by atoms with Crippen molar-refractivity contribution >= 4 is 14.0 Å². The highest BCUT2D eigenvalue weighted by atomic mass is 31.2. The molecule has 0 aliphatic carbocycles. The van der Waals surface area contributed by atoms with Gasteiger partial charge in [-0.05, 0) is 31.5 Å². The average molecular weight is 256 g/mol. The van der Waals surface area contributed by atoms with Gasteiger partial charge in [-0.15, -0.1) is 0 Å². The first-order valence-electron chi connectivity index (χ1n) is 5.52. The topological polar surface area (TPSA) is 60.8 Å². The molecule has 0 saturated heterocycles. The molecule has 0 spiro atoms. The van der Waals surface area contributed by atoms with E-state index in [1.807, 2.05) is 12.1 Å². The quantitative estimate of drug-likeness (QED) is 0.556. The van der Waals surface area contributed by atoms with Crippen LogP contribution in [0.2, 0.25) is 0 Å². The minimum atomic E-state index is -3.30. The summed E-state index contributed by atoms with van der Waals surface area (Å²) in [5, 5.41) is 0. The van der Waals surface area contributed by atoms with E-state index in [1.54, 1.807) is 32.5 Å². The number of pyridine rings is 1. The fourth-order valence-electron chi connectivity index (χ4n) is 1.20. The monoisotopic (exact) mass is 256 g/mol. The summed E-state index contributed by atoms with van der Waals surface area (Å²) in [7, 11) is -3.30. The van der Waals surface area contributed by atoms with Gasteiger partial charge in [-0.1, -0.05) is 0 Å². The Bertz CT molecular complexity index is 385. The van der Waals surface area contributed by atoms with Crippen LogP contribution < -0.4 is 0 Å². The Kier molecular flexibility index (Phi) is 6.05. The molecule has 1 aromatic rings. The van der Waals surface area contributed by atoms with Gasteiger partial charge >= 0.3 is 7.75 Å². The van der Waals surface area contributed by atoms with Crippen LogP contribution in [0.25, 0.3) is 0 Å². The molecule has 0 bridgehead atoms. The fraction of sp³-hybridized carbons (Fsp3) is 0.455. The first-order chi connectivity index (χ1) is 8.20. The summed E-state index contributed by atoms with van der Waals surface area (Å²) in [5.74, 6) is 0.